The number of pyridine rings is 2. The number of aromatic nitrogens is 3. The van der Waals surface area contributed by atoms with Gasteiger partial charge < -0.3 is 9.80 Å². The Labute approximate surface area is 172 Å². The lowest BCUT2D eigenvalue weighted by atomic mass is 10.1. The van der Waals surface area contributed by atoms with Gasteiger partial charge in [-0.3, -0.25) is 9.78 Å². The number of carbonyl (C=O) groups excluding carboxylic acids is 1. The number of carbonyl (C=O) groups is 1. The van der Waals surface area contributed by atoms with Gasteiger partial charge in [0.25, 0.3) is 5.91 Å². The fourth-order valence-electron chi connectivity index (χ4n) is 3.75. The maximum absolute atomic E-state index is 13.2. The molecule has 1 fully saturated rings. The Hall–Kier alpha value is -3.06. The molecule has 1 saturated heterocycles. The van der Waals surface area contributed by atoms with Gasteiger partial charge >= 0.3 is 0 Å². The summed E-state index contributed by atoms with van der Waals surface area (Å²) in [5.41, 5.74) is 4.52. The first-order chi connectivity index (χ1) is 14.1. The highest BCUT2D eigenvalue weighted by atomic mass is 32.1. The van der Waals surface area contributed by atoms with Crippen molar-refractivity contribution in [3.8, 4) is 0 Å². The summed E-state index contributed by atoms with van der Waals surface area (Å²) >= 11 is 1.61. The van der Waals surface area contributed by atoms with Crippen molar-refractivity contribution in [2.75, 3.05) is 31.1 Å². The number of piperazine rings is 1. The van der Waals surface area contributed by atoms with Crippen molar-refractivity contribution in [1.29, 1.82) is 0 Å². The number of aryl methyl sites for hydroxylation is 2. The lowest BCUT2D eigenvalue weighted by Crippen LogP contribution is -2.49. The fourth-order valence-corrected chi connectivity index (χ4v) is 4.72. The van der Waals surface area contributed by atoms with Crippen LogP contribution in [0.25, 0.3) is 21.3 Å². The summed E-state index contributed by atoms with van der Waals surface area (Å²) in [7, 11) is 0. The summed E-state index contributed by atoms with van der Waals surface area (Å²) in [4.78, 5) is 32.0. The normalized spacial score (nSPS) is 14.7. The van der Waals surface area contributed by atoms with E-state index in [0.29, 0.717) is 18.7 Å². The number of anilines is 1. The lowest BCUT2D eigenvalue weighted by molar-refractivity contribution is 0.0745. The van der Waals surface area contributed by atoms with Crippen LogP contribution in [0.15, 0.2) is 42.6 Å². The number of hydrogen-bond donors (Lipinski definition) is 0. The van der Waals surface area contributed by atoms with Crippen LogP contribution in [0.1, 0.15) is 21.6 Å². The number of fused-ring (bicyclic) bond motifs is 2. The largest absolute Gasteiger partial charge is 0.344 e. The van der Waals surface area contributed by atoms with Gasteiger partial charge in [0.2, 0.25) is 0 Å². The van der Waals surface area contributed by atoms with E-state index in [4.69, 9.17) is 0 Å². The molecule has 4 aromatic rings. The molecule has 6 nitrogen and oxygen atoms in total. The van der Waals surface area contributed by atoms with Gasteiger partial charge in [-0.2, -0.15) is 0 Å². The molecule has 0 radical (unpaired) electrons. The second-order valence-corrected chi connectivity index (χ2v) is 8.38. The van der Waals surface area contributed by atoms with Crippen molar-refractivity contribution in [2.45, 2.75) is 13.8 Å². The third-order valence-electron chi connectivity index (χ3n) is 5.39. The number of thiazole rings is 1. The van der Waals surface area contributed by atoms with Crippen LogP contribution in [-0.4, -0.2) is 51.9 Å². The average molecular weight is 404 g/mol. The van der Waals surface area contributed by atoms with E-state index in [1.54, 1.807) is 17.5 Å². The molecule has 1 aliphatic heterocycles. The van der Waals surface area contributed by atoms with E-state index in [1.807, 2.05) is 36.1 Å². The van der Waals surface area contributed by atoms with Crippen LogP contribution in [0.2, 0.25) is 0 Å². The molecule has 7 heteroatoms. The molecule has 0 unspecified atom stereocenters. The average Bonchev–Trinajstić information content (AvgIpc) is 3.17. The Kier molecular flexibility index (Phi) is 4.39. The van der Waals surface area contributed by atoms with Crippen LogP contribution < -0.4 is 4.90 Å². The second kappa shape index (κ2) is 7.08. The van der Waals surface area contributed by atoms with Crippen LogP contribution in [0.5, 0.6) is 0 Å². The molecule has 29 heavy (non-hydrogen) atoms. The van der Waals surface area contributed by atoms with Crippen LogP contribution in [-0.2, 0) is 0 Å². The zero-order chi connectivity index (χ0) is 20.0. The molecule has 0 spiro atoms. The number of hydrogen-bond acceptors (Lipinski definition) is 6. The topological polar surface area (TPSA) is 62.2 Å². The van der Waals surface area contributed by atoms with E-state index in [0.717, 1.165) is 45.2 Å². The first-order valence-corrected chi connectivity index (χ1v) is 10.5. The second-order valence-electron chi connectivity index (χ2n) is 7.42. The Balaban J connectivity index is 1.34. The zero-order valence-electron chi connectivity index (χ0n) is 16.4. The van der Waals surface area contributed by atoms with Crippen LogP contribution in [0.3, 0.4) is 0 Å². The Morgan fingerprint density at radius 2 is 1.83 bits per heavy atom. The molecule has 5 rings (SSSR count). The summed E-state index contributed by atoms with van der Waals surface area (Å²) in [6, 6.07) is 12.0. The molecule has 0 aliphatic carbocycles. The molecule has 1 amide bonds. The quantitative estimate of drug-likeness (QED) is 0.509. The smallest absolute Gasteiger partial charge is 0.255 e. The van der Waals surface area contributed by atoms with Gasteiger partial charge in [-0.1, -0.05) is 23.5 Å². The van der Waals surface area contributed by atoms with Crippen molar-refractivity contribution in [3.63, 3.8) is 0 Å². The van der Waals surface area contributed by atoms with E-state index in [9.17, 15) is 4.79 Å². The van der Waals surface area contributed by atoms with Gasteiger partial charge in [0.05, 0.1) is 16.8 Å². The standard InChI is InChI=1S/C22H21N5OS/c1-14-5-6-16-13-17(15(2)24-19(16)12-14)21(28)26-8-10-27(11-9-26)22-25-18-4-3-7-23-20(18)29-22/h3-7,12-13H,8-11H2,1-2H3. The van der Waals surface area contributed by atoms with Crippen molar-refractivity contribution in [2.24, 2.45) is 0 Å². The van der Waals surface area contributed by atoms with E-state index in [-0.39, 0.29) is 5.91 Å². The molecular weight excluding hydrogens is 382 g/mol. The Bertz CT molecular complexity index is 1190. The third kappa shape index (κ3) is 3.31. The number of rotatable bonds is 2. The number of nitrogens with zero attached hydrogens (tertiary/aromatic N) is 5. The molecule has 4 heterocycles. The van der Waals surface area contributed by atoms with E-state index < -0.39 is 0 Å². The van der Waals surface area contributed by atoms with Crippen molar-refractivity contribution in [1.82, 2.24) is 19.9 Å². The van der Waals surface area contributed by atoms with E-state index >= 15 is 0 Å². The van der Waals surface area contributed by atoms with Gasteiger partial charge in [-0.25, -0.2) is 9.97 Å². The third-order valence-corrected chi connectivity index (χ3v) is 6.43. The lowest BCUT2D eigenvalue weighted by Gasteiger charge is -2.34. The predicted molar refractivity (Wildman–Crippen MR) is 117 cm³/mol. The summed E-state index contributed by atoms with van der Waals surface area (Å²) in [5, 5.41) is 1.98. The van der Waals surface area contributed by atoms with Crippen LogP contribution >= 0.6 is 11.3 Å². The monoisotopic (exact) mass is 403 g/mol. The minimum atomic E-state index is 0.0584. The molecule has 0 saturated carbocycles. The minimum absolute atomic E-state index is 0.0584. The summed E-state index contributed by atoms with van der Waals surface area (Å²) < 4.78 is 0. The highest BCUT2D eigenvalue weighted by Gasteiger charge is 2.25. The first kappa shape index (κ1) is 18.0. The number of amides is 1. The van der Waals surface area contributed by atoms with Gasteiger partial charge in [0.1, 0.15) is 10.3 Å². The minimum Gasteiger partial charge on any atom is -0.344 e. The van der Waals surface area contributed by atoms with Gasteiger partial charge in [-0.15, -0.1) is 0 Å². The Morgan fingerprint density at radius 1 is 1.00 bits per heavy atom. The molecule has 1 aromatic carbocycles. The highest BCUT2D eigenvalue weighted by Crippen LogP contribution is 2.28. The molecular formula is C22H21N5OS. The molecule has 0 N–H and O–H groups in total. The summed E-state index contributed by atoms with van der Waals surface area (Å²) in [6.07, 6.45) is 1.79. The predicted octanol–water partition coefficient (Wildman–Crippen LogP) is 3.82. The molecule has 3 aromatic heterocycles. The fraction of sp³-hybridized carbons (Fsp3) is 0.273. The van der Waals surface area contributed by atoms with Crippen molar-refractivity contribution >= 4 is 43.6 Å². The van der Waals surface area contributed by atoms with Gasteiger partial charge in [-0.05, 0) is 43.7 Å². The first-order valence-electron chi connectivity index (χ1n) is 9.72. The molecule has 0 bridgehead atoms. The number of benzene rings is 1. The van der Waals surface area contributed by atoms with Crippen LogP contribution in [0.4, 0.5) is 5.13 Å². The molecule has 1 aliphatic rings. The van der Waals surface area contributed by atoms with Gasteiger partial charge in [0.15, 0.2) is 5.13 Å². The summed E-state index contributed by atoms with van der Waals surface area (Å²) in [5.74, 6) is 0.0584. The Morgan fingerprint density at radius 3 is 2.62 bits per heavy atom. The maximum Gasteiger partial charge on any atom is 0.255 e. The van der Waals surface area contributed by atoms with Gasteiger partial charge in [0, 0.05) is 37.8 Å². The SMILES string of the molecule is Cc1ccc2cc(C(=O)N3CCN(c4nc5cccnc5s4)CC3)c(C)nc2c1. The maximum atomic E-state index is 13.2. The molecule has 0 atom stereocenters. The van der Waals surface area contributed by atoms with Crippen molar-refractivity contribution in [3.05, 3.63) is 59.4 Å². The van der Waals surface area contributed by atoms with Crippen molar-refractivity contribution < 1.29 is 4.79 Å². The highest BCUT2D eigenvalue weighted by molar-refractivity contribution is 7.21. The zero-order valence-corrected chi connectivity index (χ0v) is 17.2. The summed E-state index contributed by atoms with van der Waals surface area (Å²) in [6.45, 7) is 6.85. The molecule has 146 valence electrons. The van der Waals surface area contributed by atoms with Crippen LogP contribution in [0, 0.1) is 13.8 Å². The van der Waals surface area contributed by atoms with E-state index in [1.165, 1.54) is 5.56 Å². The van der Waals surface area contributed by atoms with E-state index in [2.05, 4.69) is 38.9 Å².